The first-order chi connectivity index (χ1) is 11.2. The lowest BCUT2D eigenvalue weighted by Crippen LogP contribution is -2.29. The van der Waals surface area contributed by atoms with Crippen molar-refractivity contribution in [3.8, 4) is 5.19 Å². The topological polar surface area (TPSA) is 71.5 Å². The van der Waals surface area contributed by atoms with Crippen LogP contribution in [-0.2, 0) is 4.79 Å². The number of nitrogens with one attached hydrogen (secondary N) is 1. The lowest BCUT2D eigenvalue weighted by atomic mass is 9.86. The number of carboxylic acid groups (broad SMARTS) is 1. The zero-order valence-electron chi connectivity index (χ0n) is 13.0. The number of benzene rings is 1. The molecule has 1 saturated carbocycles. The Balaban J connectivity index is 0.000000149. The highest BCUT2D eigenvalue weighted by molar-refractivity contribution is 7.20. The van der Waals surface area contributed by atoms with E-state index in [1.165, 1.54) is 50.0 Å². The van der Waals surface area contributed by atoms with Crippen molar-refractivity contribution >= 4 is 27.5 Å². The first kappa shape index (κ1) is 16.2. The fourth-order valence-corrected chi connectivity index (χ4v) is 4.13. The monoisotopic (exact) mass is 334 g/mol. The molecule has 2 unspecified atom stereocenters. The van der Waals surface area contributed by atoms with Gasteiger partial charge in [0.15, 0.2) is 6.61 Å². The minimum atomic E-state index is -0.996. The second-order valence-corrected chi connectivity index (χ2v) is 7.02. The third-order valence-corrected chi connectivity index (χ3v) is 5.37. The molecule has 23 heavy (non-hydrogen) atoms. The number of aliphatic carboxylic acids is 1. The van der Waals surface area contributed by atoms with Crippen LogP contribution in [0.4, 0.5) is 0 Å². The minimum absolute atomic E-state index is 0.347. The van der Waals surface area contributed by atoms with Crippen LogP contribution in [0.25, 0.3) is 10.2 Å². The van der Waals surface area contributed by atoms with Gasteiger partial charge in [0, 0.05) is 6.04 Å². The van der Waals surface area contributed by atoms with Crippen molar-refractivity contribution in [1.29, 1.82) is 0 Å². The molecule has 4 rings (SSSR count). The van der Waals surface area contributed by atoms with E-state index in [2.05, 4.69) is 10.3 Å². The van der Waals surface area contributed by atoms with Crippen molar-refractivity contribution in [2.75, 3.05) is 13.2 Å². The molecule has 2 aliphatic rings. The highest BCUT2D eigenvalue weighted by atomic mass is 32.1. The van der Waals surface area contributed by atoms with Crippen molar-refractivity contribution in [3.63, 3.8) is 0 Å². The zero-order chi connectivity index (χ0) is 16.1. The molecule has 2 fully saturated rings. The number of hydrogen-bond acceptors (Lipinski definition) is 5. The number of aromatic nitrogens is 1. The number of carbonyl (C=O) groups is 1. The molecule has 2 atom stereocenters. The predicted molar refractivity (Wildman–Crippen MR) is 91.1 cm³/mol. The second-order valence-electron chi connectivity index (χ2n) is 6.02. The van der Waals surface area contributed by atoms with Gasteiger partial charge >= 0.3 is 5.97 Å². The van der Waals surface area contributed by atoms with Crippen molar-refractivity contribution in [3.05, 3.63) is 24.3 Å². The van der Waals surface area contributed by atoms with Crippen molar-refractivity contribution in [1.82, 2.24) is 10.3 Å². The van der Waals surface area contributed by atoms with Gasteiger partial charge in [-0.3, -0.25) is 0 Å². The normalized spacial score (nSPS) is 23.0. The average molecular weight is 334 g/mol. The maximum absolute atomic E-state index is 10.2. The molecular weight excluding hydrogens is 312 g/mol. The Labute approximate surface area is 139 Å². The van der Waals surface area contributed by atoms with Gasteiger partial charge in [-0.25, -0.2) is 9.78 Å². The highest BCUT2D eigenvalue weighted by Gasteiger charge is 2.28. The number of carboxylic acids is 1. The second kappa shape index (κ2) is 7.75. The number of hydrogen-bond donors (Lipinski definition) is 2. The van der Waals surface area contributed by atoms with E-state index in [1.807, 2.05) is 24.3 Å². The molecule has 1 aromatic heterocycles. The highest BCUT2D eigenvalue weighted by Crippen LogP contribution is 2.30. The molecule has 1 aliphatic carbocycles. The van der Waals surface area contributed by atoms with Crippen LogP contribution in [0, 0.1) is 5.92 Å². The van der Waals surface area contributed by atoms with Crippen molar-refractivity contribution in [2.45, 2.75) is 38.1 Å². The Morgan fingerprint density at radius 3 is 2.91 bits per heavy atom. The molecule has 124 valence electrons. The number of rotatable bonds is 3. The van der Waals surface area contributed by atoms with E-state index in [0.717, 1.165) is 22.2 Å². The molecule has 2 heterocycles. The third-order valence-electron chi connectivity index (χ3n) is 4.42. The summed E-state index contributed by atoms with van der Waals surface area (Å²) in [5.74, 6) is 0.0583. The first-order valence-corrected chi connectivity index (χ1v) is 8.97. The molecular formula is C17H22N2O3S. The van der Waals surface area contributed by atoms with Gasteiger partial charge in [0.05, 0.1) is 10.2 Å². The summed E-state index contributed by atoms with van der Waals surface area (Å²) in [6.45, 7) is 0.940. The zero-order valence-corrected chi connectivity index (χ0v) is 13.8. The molecule has 0 bridgehead atoms. The summed E-state index contributed by atoms with van der Waals surface area (Å²) >= 11 is 1.34. The van der Waals surface area contributed by atoms with Crippen LogP contribution in [0.3, 0.4) is 0 Å². The summed E-state index contributed by atoms with van der Waals surface area (Å²) in [5.41, 5.74) is 0.831. The van der Waals surface area contributed by atoms with Crippen LogP contribution in [0.15, 0.2) is 24.3 Å². The summed E-state index contributed by atoms with van der Waals surface area (Å²) in [6.07, 6.45) is 7.35. The van der Waals surface area contributed by atoms with E-state index in [4.69, 9.17) is 9.84 Å². The number of nitrogens with zero attached hydrogens (tertiary/aromatic N) is 1. The summed E-state index contributed by atoms with van der Waals surface area (Å²) in [7, 11) is 0. The van der Waals surface area contributed by atoms with Gasteiger partial charge in [0.1, 0.15) is 0 Å². The van der Waals surface area contributed by atoms with Crippen molar-refractivity contribution in [2.24, 2.45) is 5.92 Å². The van der Waals surface area contributed by atoms with Crippen molar-refractivity contribution < 1.29 is 14.6 Å². The number of fused-ring (bicyclic) bond motifs is 2. The van der Waals surface area contributed by atoms with Crippen LogP contribution < -0.4 is 10.1 Å². The van der Waals surface area contributed by atoms with Crippen LogP contribution in [-0.4, -0.2) is 35.3 Å². The van der Waals surface area contributed by atoms with E-state index in [9.17, 15) is 4.79 Å². The van der Waals surface area contributed by atoms with Gasteiger partial charge in [0.2, 0.25) is 0 Å². The Bertz CT molecular complexity index is 613. The molecule has 0 radical (unpaired) electrons. The largest absolute Gasteiger partial charge is 0.479 e. The average Bonchev–Trinajstić information content (AvgIpc) is 3.19. The Kier molecular flexibility index (Phi) is 5.46. The SMILES string of the molecule is C1CCC2NCCC2C1.O=C(O)COc1nc2ccccc2s1. The lowest BCUT2D eigenvalue weighted by Gasteiger charge is -2.24. The molecule has 1 aliphatic heterocycles. The van der Waals surface area contributed by atoms with Crippen LogP contribution in [0.2, 0.25) is 0 Å². The van der Waals surface area contributed by atoms with Gasteiger partial charge in [0.25, 0.3) is 5.19 Å². The van der Waals surface area contributed by atoms with E-state index in [0.29, 0.717) is 5.19 Å². The fourth-order valence-electron chi connectivity index (χ4n) is 3.31. The molecule has 0 spiro atoms. The van der Waals surface area contributed by atoms with Crippen LogP contribution >= 0.6 is 11.3 Å². The Morgan fingerprint density at radius 2 is 2.13 bits per heavy atom. The summed E-state index contributed by atoms with van der Waals surface area (Å²) in [6, 6.07) is 8.48. The molecule has 2 aromatic rings. The van der Waals surface area contributed by atoms with E-state index in [-0.39, 0.29) is 6.61 Å². The molecule has 0 amide bonds. The first-order valence-electron chi connectivity index (χ1n) is 8.16. The lowest BCUT2D eigenvalue weighted by molar-refractivity contribution is -0.139. The molecule has 2 N–H and O–H groups in total. The number of para-hydroxylation sites is 1. The molecule has 1 saturated heterocycles. The third kappa shape index (κ3) is 4.42. The van der Waals surface area contributed by atoms with E-state index < -0.39 is 5.97 Å². The summed E-state index contributed by atoms with van der Waals surface area (Å²) in [5, 5.41) is 12.4. The van der Waals surface area contributed by atoms with Gasteiger partial charge in [-0.1, -0.05) is 36.3 Å². The summed E-state index contributed by atoms with van der Waals surface area (Å²) in [4.78, 5) is 14.4. The fraction of sp³-hybridized carbons (Fsp3) is 0.529. The van der Waals surface area contributed by atoms with Gasteiger partial charge in [-0.2, -0.15) is 0 Å². The van der Waals surface area contributed by atoms with Crippen LogP contribution in [0.5, 0.6) is 5.19 Å². The van der Waals surface area contributed by atoms with E-state index >= 15 is 0 Å². The smallest absolute Gasteiger partial charge is 0.341 e. The molecule has 5 nitrogen and oxygen atoms in total. The predicted octanol–water partition coefficient (Wildman–Crippen LogP) is 3.30. The molecule has 1 aromatic carbocycles. The minimum Gasteiger partial charge on any atom is -0.479 e. The quantitative estimate of drug-likeness (QED) is 0.901. The number of ether oxygens (including phenoxy) is 1. The maximum Gasteiger partial charge on any atom is 0.341 e. The summed E-state index contributed by atoms with van der Waals surface area (Å²) < 4.78 is 5.95. The Hall–Kier alpha value is -1.66. The standard InChI is InChI=1S/C9H7NO3S.C8H15N/c11-8(12)5-13-9-10-6-3-1-2-4-7(6)14-9;1-2-4-8-7(3-1)5-6-9-8/h1-4H,5H2,(H,11,12);7-9H,1-6H2. The Morgan fingerprint density at radius 1 is 1.30 bits per heavy atom. The van der Waals surface area contributed by atoms with Gasteiger partial charge in [-0.05, 0) is 43.9 Å². The van der Waals surface area contributed by atoms with Gasteiger partial charge < -0.3 is 15.2 Å². The number of thiazole rings is 1. The maximum atomic E-state index is 10.2. The van der Waals surface area contributed by atoms with Crippen LogP contribution in [0.1, 0.15) is 32.1 Å². The van der Waals surface area contributed by atoms with E-state index in [1.54, 1.807) is 0 Å². The van der Waals surface area contributed by atoms with Gasteiger partial charge in [-0.15, -0.1) is 0 Å². The molecule has 6 heteroatoms.